The lowest BCUT2D eigenvalue weighted by Gasteiger charge is -2.17. The van der Waals surface area contributed by atoms with Gasteiger partial charge in [0.1, 0.15) is 5.52 Å². The van der Waals surface area contributed by atoms with E-state index in [0.29, 0.717) is 41.3 Å². The average molecular weight is 449 g/mol. The molecular formula is C18H19N13O2. The van der Waals surface area contributed by atoms with Gasteiger partial charge in [-0.3, -0.25) is 14.2 Å². The highest BCUT2D eigenvalue weighted by molar-refractivity contribution is 5.93. The van der Waals surface area contributed by atoms with E-state index in [-0.39, 0.29) is 23.2 Å². The summed E-state index contributed by atoms with van der Waals surface area (Å²) in [5, 5.41) is 31.9. The van der Waals surface area contributed by atoms with Gasteiger partial charge in [0, 0.05) is 0 Å². The van der Waals surface area contributed by atoms with Crippen molar-refractivity contribution in [2.24, 2.45) is 0 Å². The van der Waals surface area contributed by atoms with Crippen molar-refractivity contribution in [2.75, 3.05) is 0 Å². The molecule has 0 bridgehead atoms. The molecule has 0 aliphatic heterocycles. The van der Waals surface area contributed by atoms with Crippen LogP contribution in [-0.4, -0.2) is 65.0 Å². The van der Waals surface area contributed by atoms with Gasteiger partial charge in [-0.15, -0.1) is 25.5 Å². The van der Waals surface area contributed by atoms with Crippen molar-refractivity contribution >= 4 is 21.8 Å². The highest BCUT2D eigenvalue weighted by Gasteiger charge is 2.18. The van der Waals surface area contributed by atoms with Crippen molar-refractivity contribution in [1.82, 2.24) is 65.0 Å². The number of hydrogen-bond acceptors (Lipinski definition) is 11. The molecule has 5 aromatic rings. The second kappa shape index (κ2) is 8.25. The lowest BCUT2D eigenvalue weighted by molar-refractivity contribution is 0.354. The van der Waals surface area contributed by atoms with Gasteiger partial charge in [-0.2, -0.15) is 9.59 Å². The Kier molecular flexibility index (Phi) is 5.12. The molecule has 0 aliphatic rings. The minimum Gasteiger partial charge on any atom is -0.294 e. The van der Waals surface area contributed by atoms with Crippen LogP contribution >= 0.6 is 0 Å². The van der Waals surface area contributed by atoms with Crippen LogP contribution in [0.3, 0.4) is 0 Å². The molecule has 15 heteroatoms. The van der Waals surface area contributed by atoms with Crippen LogP contribution in [-0.2, 0) is 13.1 Å². The molecule has 0 fully saturated rings. The molecule has 0 spiro atoms. The Labute approximate surface area is 184 Å². The van der Waals surface area contributed by atoms with Gasteiger partial charge in [-0.05, 0) is 35.9 Å². The van der Waals surface area contributed by atoms with E-state index in [0.717, 1.165) is 0 Å². The van der Waals surface area contributed by atoms with Gasteiger partial charge < -0.3 is 0 Å². The van der Waals surface area contributed by atoms with E-state index in [9.17, 15) is 9.59 Å². The van der Waals surface area contributed by atoms with E-state index in [1.807, 2.05) is 6.92 Å². The maximum absolute atomic E-state index is 13.2. The number of nitrogens with zero attached hydrogens (tertiary/aromatic N) is 13. The normalized spacial score (nSPS) is 13.5. The van der Waals surface area contributed by atoms with E-state index in [1.165, 1.54) is 33.3 Å². The number of fused-ring (bicyclic) bond motifs is 2. The fraction of sp³-hybridized carbons (Fsp3) is 0.389. The first-order chi connectivity index (χ1) is 16.0. The molecular weight excluding hydrogens is 430 g/mol. The lowest BCUT2D eigenvalue weighted by atomic mass is 10.1. The maximum atomic E-state index is 13.2. The molecule has 0 N–H and O–H groups in total. The van der Waals surface area contributed by atoms with Gasteiger partial charge in [0.05, 0.1) is 47.8 Å². The third-order valence-corrected chi connectivity index (χ3v) is 5.45. The Morgan fingerprint density at radius 2 is 1.55 bits per heavy atom. The summed E-state index contributed by atoms with van der Waals surface area (Å²) >= 11 is 0. The molecule has 4 aromatic heterocycles. The van der Waals surface area contributed by atoms with Crippen LogP contribution < -0.4 is 11.1 Å². The molecule has 0 saturated heterocycles. The van der Waals surface area contributed by atoms with E-state index in [4.69, 9.17) is 0 Å². The first-order valence-electron chi connectivity index (χ1n) is 10.3. The molecule has 15 nitrogen and oxygen atoms in total. The average Bonchev–Trinajstić information content (AvgIpc) is 3.52. The van der Waals surface area contributed by atoms with Crippen LogP contribution in [0.15, 0.2) is 40.7 Å². The van der Waals surface area contributed by atoms with Crippen LogP contribution in [0.2, 0.25) is 0 Å². The Morgan fingerprint density at radius 1 is 0.879 bits per heavy atom. The zero-order chi connectivity index (χ0) is 22.9. The number of aromatic nitrogens is 13. The third-order valence-electron chi connectivity index (χ3n) is 5.45. The summed E-state index contributed by atoms with van der Waals surface area (Å²) in [5.74, 6) is 0. The molecule has 4 heterocycles. The van der Waals surface area contributed by atoms with Crippen molar-refractivity contribution in [3.05, 3.63) is 51.8 Å². The molecule has 0 radical (unpaired) electrons. The summed E-state index contributed by atoms with van der Waals surface area (Å²) in [6.07, 6.45) is 4.80. The number of rotatable bonds is 7. The van der Waals surface area contributed by atoms with Crippen molar-refractivity contribution in [1.29, 1.82) is 0 Å². The molecule has 0 unspecified atom stereocenters. The van der Waals surface area contributed by atoms with Crippen LogP contribution in [0, 0.1) is 0 Å². The zero-order valence-electron chi connectivity index (χ0n) is 17.8. The lowest BCUT2D eigenvalue weighted by Crippen LogP contribution is -2.30. The number of benzene rings is 1. The largest absolute Gasteiger partial charge is 0.294 e. The maximum Gasteiger partial charge on any atom is 0.277 e. The van der Waals surface area contributed by atoms with E-state index < -0.39 is 0 Å². The molecule has 168 valence electrons. The van der Waals surface area contributed by atoms with Crippen LogP contribution in [0.1, 0.15) is 32.4 Å². The molecule has 2 atom stereocenters. The molecule has 0 amide bonds. The zero-order valence-corrected chi connectivity index (χ0v) is 17.8. The summed E-state index contributed by atoms with van der Waals surface area (Å²) < 4.78 is 2.80. The number of hydrogen-bond donors (Lipinski definition) is 0. The standard InChI is InChI=1S/C18H19N13O2/c1-3-12(7-30-23-9-21-26-30)28-10-19-15-4-14-16(5-13(15)17(28)32)24-27-31(18(14)33)11(2)6-29-22-8-20-25-29/h4-5,8-12H,3,6-7H2,1-2H3/t11-,12-/m1/s1. The summed E-state index contributed by atoms with van der Waals surface area (Å²) in [5.41, 5.74) is 0.131. The second-order valence-electron chi connectivity index (χ2n) is 7.58. The molecule has 5 rings (SSSR count). The summed E-state index contributed by atoms with van der Waals surface area (Å²) in [7, 11) is 0. The summed E-state index contributed by atoms with van der Waals surface area (Å²) in [6, 6.07) is 2.55. The van der Waals surface area contributed by atoms with Gasteiger partial charge in [-0.25, -0.2) is 9.67 Å². The summed E-state index contributed by atoms with van der Waals surface area (Å²) in [4.78, 5) is 33.6. The predicted octanol–water partition coefficient (Wildman–Crippen LogP) is -0.613. The van der Waals surface area contributed by atoms with Crippen molar-refractivity contribution in [3.63, 3.8) is 0 Å². The third kappa shape index (κ3) is 3.72. The second-order valence-corrected chi connectivity index (χ2v) is 7.58. The van der Waals surface area contributed by atoms with Crippen LogP contribution in [0.25, 0.3) is 21.8 Å². The van der Waals surface area contributed by atoms with E-state index >= 15 is 0 Å². The van der Waals surface area contributed by atoms with Crippen molar-refractivity contribution in [2.45, 2.75) is 45.4 Å². The highest BCUT2D eigenvalue weighted by atomic mass is 16.1. The fourth-order valence-electron chi connectivity index (χ4n) is 3.69. The fourth-order valence-corrected chi connectivity index (χ4v) is 3.69. The Balaban J connectivity index is 1.55. The predicted molar refractivity (Wildman–Crippen MR) is 113 cm³/mol. The Hall–Kier alpha value is -4.43. The first kappa shape index (κ1) is 20.5. The van der Waals surface area contributed by atoms with Crippen LogP contribution in [0.4, 0.5) is 0 Å². The van der Waals surface area contributed by atoms with Crippen molar-refractivity contribution < 1.29 is 0 Å². The van der Waals surface area contributed by atoms with E-state index in [2.05, 4.69) is 46.1 Å². The minimum absolute atomic E-state index is 0.218. The SMILES string of the molecule is CC[C@H](Cn1ncnn1)n1cnc2cc3c(=O)n([C@H](C)Cn4ncnn4)nnc3cc2c1=O. The Morgan fingerprint density at radius 3 is 2.21 bits per heavy atom. The first-order valence-corrected chi connectivity index (χ1v) is 10.3. The molecule has 0 saturated carbocycles. The van der Waals surface area contributed by atoms with Gasteiger partial charge >= 0.3 is 0 Å². The minimum atomic E-state index is -0.365. The highest BCUT2D eigenvalue weighted by Crippen LogP contribution is 2.17. The van der Waals surface area contributed by atoms with Crippen LogP contribution in [0.5, 0.6) is 0 Å². The quantitative estimate of drug-likeness (QED) is 0.290. The van der Waals surface area contributed by atoms with Gasteiger partial charge in [0.25, 0.3) is 11.1 Å². The van der Waals surface area contributed by atoms with Gasteiger partial charge in [0.2, 0.25) is 0 Å². The smallest absolute Gasteiger partial charge is 0.277 e. The molecule has 1 aromatic carbocycles. The number of tetrazole rings is 2. The van der Waals surface area contributed by atoms with Gasteiger partial charge in [0.15, 0.2) is 12.7 Å². The molecule has 0 aliphatic carbocycles. The Bertz CT molecular complexity index is 1520. The van der Waals surface area contributed by atoms with E-state index in [1.54, 1.807) is 23.6 Å². The van der Waals surface area contributed by atoms with Crippen molar-refractivity contribution in [3.8, 4) is 0 Å². The topological polar surface area (TPSA) is 170 Å². The monoisotopic (exact) mass is 449 g/mol. The summed E-state index contributed by atoms with van der Waals surface area (Å²) in [6.45, 7) is 4.44. The van der Waals surface area contributed by atoms with Gasteiger partial charge in [-0.1, -0.05) is 12.1 Å². The molecule has 33 heavy (non-hydrogen) atoms.